The van der Waals surface area contributed by atoms with E-state index < -0.39 is 0 Å². The molecule has 0 radical (unpaired) electrons. The summed E-state index contributed by atoms with van der Waals surface area (Å²) in [5, 5.41) is 0. The summed E-state index contributed by atoms with van der Waals surface area (Å²) in [4.78, 5) is 13.0. The van der Waals surface area contributed by atoms with Crippen LogP contribution in [0.15, 0.2) is 24.3 Å². The van der Waals surface area contributed by atoms with Crippen molar-refractivity contribution in [3.8, 4) is 0 Å². The molecule has 1 aliphatic heterocycles. The van der Waals surface area contributed by atoms with Crippen LogP contribution < -0.4 is 5.73 Å². The first-order chi connectivity index (χ1) is 8.15. The zero-order chi connectivity index (χ0) is 12.3. The van der Waals surface area contributed by atoms with E-state index in [9.17, 15) is 9.18 Å². The highest BCUT2D eigenvalue weighted by Gasteiger charge is 2.25. The standard InChI is InChI=1S/C13H17FN2O/c14-11-5-3-10(4-6-11)8-12-2-1-7-16(12)9-13(15)17/h3-6,12H,1-2,7-9H2,(H2,15,17). The number of carbonyl (C=O) groups excluding carboxylic acids is 1. The lowest BCUT2D eigenvalue weighted by molar-refractivity contribution is -0.119. The van der Waals surface area contributed by atoms with E-state index in [0.717, 1.165) is 31.4 Å². The third-order valence-corrected chi connectivity index (χ3v) is 3.24. The van der Waals surface area contributed by atoms with Gasteiger partial charge >= 0.3 is 0 Å². The van der Waals surface area contributed by atoms with Gasteiger partial charge < -0.3 is 5.73 Å². The molecule has 1 unspecified atom stereocenters. The van der Waals surface area contributed by atoms with Gasteiger partial charge in [-0.1, -0.05) is 12.1 Å². The molecular formula is C13H17FN2O. The maximum Gasteiger partial charge on any atom is 0.231 e. The average Bonchev–Trinajstić information content (AvgIpc) is 2.68. The minimum absolute atomic E-state index is 0.214. The molecule has 1 heterocycles. The van der Waals surface area contributed by atoms with Crippen molar-refractivity contribution in [3.63, 3.8) is 0 Å². The molecule has 17 heavy (non-hydrogen) atoms. The molecule has 1 atom stereocenters. The van der Waals surface area contributed by atoms with Crippen molar-refractivity contribution in [2.24, 2.45) is 5.73 Å². The van der Waals surface area contributed by atoms with Crippen LogP contribution in [0.5, 0.6) is 0 Å². The van der Waals surface area contributed by atoms with Gasteiger partial charge in [-0.05, 0) is 43.5 Å². The molecule has 1 amide bonds. The van der Waals surface area contributed by atoms with E-state index in [0.29, 0.717) is 12.6 Å². The van der Waals surface area contributed by atoms with Gasteiger partial charge in [0, 0.05) is 6.04 Å². The summed E-state index contributed by atoms with van der Waals surface area (Å²) in [6.45, 7) is 1.25. The Balaban J connectivity index is 1.97. The number of carbonyl (C=O) groups is 1. The summed E-state index contributed by atoms with van der Waals surface area (Å²) in [6, 6.07) is 6.91. The van der Waals surface area contributed by atoms with Crippen molar-refractivity contribution in [2.75, 3.05) is 13.1 Å². The van der Waals surface area contributed by atoms with Gasteiger partial charge in [0.1, 0.15) is 5.82 Å². The highest BCUT2D eigenvalue weighted by atomic mass is 19.1. The van der Waals surface area contributed by atoms with Crippen LogP contribution in [0.1, 0.15) is 18.4 Å². The Bertz CT molecular complexity index is 391. The highest BCUT2D eigenvalue weighted by Crippen LogP contribution is 2.20. The lowest BCUT2D eigenvalue weighted by Crippen LogP contribution is -2.38. The van der Waals surface area contributed by atoms with Gasteiger partial charge in [0.2, 0.25) is 5.91 Å². The Morgan fingerprint density at radius 3 is 2.76 bits per heavy atom. The Morgan fingerprint density at radius 2 is 2.12 bits per heavy atom. The summed E-state index contributed by atoms with van der Waals surface area (Å²) < 4.78 is 12.8. The number of hydrogen-bond donors (Lipinski definition) is 1. The maximum atomic E-state index is 12.8. The van der Waals surface area contributed by atoms with Crippen LogP contribution in [0.4, 0.5) is 4.39 Å². The number of rotatable bonds is 4. The largest absolute Gasteiger partial charge is 0.369 e. The van der Waals surface area contributed by atoms with Gasteiger partial charge in [-0.3, -0.25) is 9.69 Å². The zero-order valence-corrected chi connectivity index (χ0v) is 9.73. The van der Waals surface area contributed by atoms with E-state index >= 15 is 0 Å². The first-order valence-corrected chi connectivity index (χ1v) is 5.92. The fourth-order valence-corrected chi connectivity index (χ4v) is 2.43. The number of primary amides is 1. The highest BCUT2D eigenvalue weighted by molar-refractivity contribution is 5.76. The van der Waals surface area contributed by atoms with E-state index in [2.05, 4.69) is 4.90 Å². The molecule has 0 saturated carbocycles. The van der Waals surface area contributed by atoms with Crippen LogP contribution in [0.25, 0.3) is 0 Å². The molecule has 0 aromatic heterocycles. The number of hydrogen-bond acceptors (Lipinski definition) is 2. The lowest BCUT2D eigenvalue weighted by atomic mass is 10.0. The van der Waals surface area contributed by atoms with Gasteiger partial charge in [0.15, 0.2) is 0 Å². The third-order valence-electron chi connectivity index (χ3n) is 3.24. The Labute approximate surface area is 100 Å². The molecule has 1 aromatic carbocycles. The summed E-state index contributed by atoms with van der Waals surface area (Å²) in [5.41, 5.74) is 6.32. The predicted molar refractivity (Wildman–Crippen MR) is 63.9 cm³/mol. The van der Waals surface area contributed by atoms with Crippen LogP contribution >= 0.6 is 0 Å². The number of amides is 1. The number of likely N-dealkylation sites (tertiary alicyclic amines) is 1. The second-order valence-corrected chi connectivity index (χ2v) is 4.56. The fourth-order valence-electron chi connectivity index (χ4n) is 2.43. The van der Waals surface area contributed by atoms with Gasteiger partial charge in [-0.15, -0.1) is 0 Å². The number of nitrogens with two attached hydrogens (primary N) is 1. The SMILES string of the molecule is NC(=O)CN1CCCC1Cc1ccc(F)cc1. The molecule has 1 aliphatic rings. The summed E-state index contributed by atoms with van der Waals surface area (Å²) in [6.07, 6.45) is 3.03. The van der Waals surface area contributed by atoms with Crippen molar-refractivity contribution in [1.82, 2.24) is 4.90 Å². The van der Waals surface area contributed by atoms with Gasteiger partial charge in [-0.25, -0.2) is 4.39 Å². The third kappa shape index (κ3) is 3.27. The average molecular weight is 236 g/mol. The molecule has 1 fully saturated rings. The smallest absolute Gasteiger partial charge is 0.231 e. The Hall–Kier alpha value is -1.42. The van der Waals surface area contributed by atoms with E-state index in [4.69, 9.17) is 5.73 Å². The molecule has 0 aliphatic carbocycles. The minimum atomic E-state index is -0.281. The van der Waals surface area contributed by atoms with E-state index in [1.165, 1.54) is 12.1 Å². The first kappa shape index (κ1) is 12.0. The predicted octanol–water partition coefficient (Wildman–Crippen LogP) is 1.32. The molecule has 0 spiro atoms. The second-order valence-electron chi connectivity index (χ2n) is 4.56. The van der Waals surface area contributed by atoms with Crippen LogP contribution in [0, 0.1) is 5.82 Å². The normalized spacial score (nSPS) is 20.6. The zero-order valence-electron chi connectivity index (χ0n) is 9.73. The van der Waals surface area contributed by atoms with Crippen LogP contribution in [-0.2, 0) is 11.2 Å². The van der Waals surface area contributed by atoms with E-state index in [1.807, 2.05) is 0 Å². The van der Waals surface area contributed by atoms with Gasteiger partial charge in [0.05, 0.1) is 6.54 Å². The quantitative estimate of drug-likeness (QED) is 0.857. The molecule has 4 heteroatoms. The lowest BCUT2D eigenvalue weighted by Gasteiger charge is -2.22. The van der Waals surface area contributed by atoms with Gasteiger partial charge in [-0.2, -0.15) is 0 Å². The fraction of sp³-hybridized carbons (Fsp3) is 0.462. The molecule has 2 rings (SSSR count). The van der Waals surface area contributed by atoms with Crippen molar-refractivity contribution in [2.45, 2.75) is 25.3 Å². The molecular weight excluding hydrogens is 219 g/mol. The summed E-state index contributed by atoms with van der Waals surface area (Å²) in [5.74, 6) is -0.495. The van der Waals surface area contributed by atoms with Crippen molar-refractivity contribution in [3.05, 3.63) is 35.6 Å². The number of benzene rings is 1. The monoisotopic (exact) mass is 236 g/mol. The maximum absolute atomic E-state index is 12.8. The van der Waals surface area contributed by atoms with E-state index in [1.54, 1.807) is 12.1 Å². The summed E-state index contributed by atoms with van der Waals surface area (Å²) in [7, 11) is 0. The van der Waals surface area contributed by atoms with Crippen LogP contribution in [-0.4, -0.2) is 29.9 Å². The van der Waals surface area contributed by atoms with Crippen LogP contribution in [0.3, 0.4) is 0 Å². The molecule has 0 bridgehead atoms. The molecule has 3 nitrogen and oxygen atoms in total. The summed E-state index contributed by atoms with van der Waals surface area (Å²) >= 11 is 0. The number of halogens is 1. The molecule has 1 saturated heterocycles. The van der Waals surface area contributed by atoms with Gasteiger partial charge in [0.25, 0.3) is 0 Å². The van der Waals surface area contributed by atoms with Crippen molar-refractivity contribution in [1.29, 1.82) is 0 Å². The Kier molecular flexibility index (Phi) is 3.74. The number of nitrogens with zero attached hydrogens (tertiary/aromatic N) is 1. The van der Waals surface area contributed by atoms with Crippen LogP contribution in [0.2, 0.25) is 0 Å². The second kappa shape index (κ2) is 5.27. The molecule has 1 aromatic rings. The Morgan fingerprint density at radius 1 is 1.41 bits per heavy atom. The molecule has 2 N–H and O–H groups in total. The van der Waals surface area contributed by atoms with Crippen molar-refractivity contribution < 1.29 is 9.18 Å². The molecule has 92 valence electrons. The van der Waals surface area contributed by atoms with E-state index in [-0.39, 0.29) is 11.7 Å². The topological polar surface area (TPSA) is 46.3 Å². The first-order valence-electron chi connectivity index (χ1n) is 5.92. The van der Waals surface area contributed by atoms with Crippen molar-refractivity contribution >= 4 is 5.91 Å². The minimum Gasteiger partial charge on any atom is -0.369 e.